The third kappa shape index (κ3) is 2.35. The highest BCUT2D eigenvalue weighted by Gasteiger charge is 2.15. The molecule has 0 aliphatic heterocycles. The summed E-state index contributed by atoms with van der Waals surface area (Å²) < 4.78 is 5.34. The Morgan fingerprint density at radius 2 is 1.95 bits per heavy atom. The Bertz CT molecular complexity index is 709. The van der Waals surface area contributed by atoms with E-state index >= 15 is 0 Å². The molecule has 0 aliphatic carbocycles. The number of nitrogens with zero attached hydrogens (tertiary/aromatic N) is 2. The minimum Gasteiger partial charge on any atom is -0.478 e. The first-order chi connectivity index (χ1) is 9.78. The molecule has 1 aromatic carbocycles. The summed E-state index contributed by atoms with van der Waals surface area (Å²) in [6.07, 6.45) is -0.791. The molecule has 2 heterocycles. The molecular weight excluding hydrogens is 254 g/mol. The molecule has 5 nitrogen and oxygen atoms in total. The molecule has 0 saturated heterocycles. The van der Waals surface area contributed by atoms with Gasteiger partial charge in [-0.15, -0.1) is 0 Å². The Hall–Kier alpha value is -2.40. The predicted octanol–water partition coefficient (Wildman–Crippen LogP) is 2.44. The second kappa shape index (κ2) is 5.30. The highest BCUT2D eigenvalue weighted by atomic mass is 16.5. The number of benzene rings is 1. The summed E-state index contributed by atoms with van der Waals surface area (Å²) in [5.41, 5.74) is 2.11. The van der Waals surface area contributed by atoms with Crippen LogP contribution >= 0.6 is 0 Å². The maximum Gasteiger partial charge on any atom is 0.215 e. The van der Waals surface area contributed by atoms with Gasteiger partial charge in [-0.25, -0.2) is 4.98 Å². The molecule has 0 bridgehead atoms. The fraction of sp³-hybridized carbons (Fsp3) is 0.200. The van der Waals surface area contributed by atoms with Gasteiger partial charge in [0.05, 0.1) is 12.1 Å². The zero-order valence-corrected chi connectivity index (χ0v) is 11.1. The average molecular weight is 269 g/mol. The molecule has 1 atom stereocenters. The first-order valence-corrected chi connectivity index (χ1v) is 6.50. The molecule has 3 aromatic rings. The van der Waals surface area contributed by atoms with E-state index in [1.807, 2.05) is 43.3 Å². The van der Waals surface area contributed by atoms with Crippen molar-refractivity contribution in [1.29, 1.82) is 0 Å². The smallest absolute Gasteiger partial charge is 0.215 e. The summed E-state index contributed by atoms with van der Waals surface area (Å²) >= 11 is 0. The van der Waals surface area contributed by atoms with Gasteiger partial charge in [0.2, 0.25) is 5.88 Å². The molecule has 5 heteroatoms. The number of fused-ring (bicyclic) bond motifs is 1. The minimum atomic E-state index is -0.791. The number of aliphatic hydroxyl groups excluding tert-OH is 1. The molecule has 0 fully saturated rings. The number of hydrogen-bond acceptors (Lipinski definition) is 4. The number of H-pyrrole nitrogens is 1. The number of nitrogens with one attached hydrogen (secondary N) is 1. The van der Waals surface area contributed by atoms with Gasteiger partial charge >= 0.3 is 0 Å². The number of hydrogen-bond donors (Lipinski definition) is 2. The molecule has 0 saturated carbocycles. The Morgan fingerprint density at radius 3 is 2.70 bits per heavy atom. The molecule has 0 aliphatic rings. The number of rotatable bonds is 4. The van der Waals surface area contributed by atoms with Crippen LogP contribution in [0.15, 0.2) is 42.5 Å². The fourth-order valence-corrected chi connectivity index (χ4v) is 2.04. The summed E-state index contributed by atoms with van der Waals surface area (Å²) in [4.78, 5) is 11.7. The lowest BCUT2D eigenvalue weighted by Crippen LogP contribution is -2.01. The zero-order chi connectivity index (χ0) is 13.9. The molecule has 20 heavy (non-hydrogen) atoms. The number of imidazole rings is 1. The maximum atomic E-state index is 10.3. The molecule has 2 N–H and O–H groups in total. The van der Waals surface area contributed by atoms with E-state index in [-0.39, 0.29) is 0 Å². The van der Waals surface area contributed by atoms with Crippen molar-refractivity contribution in [3.05, 3.63) is 53.9 Å². The van der Waals surface area contributed by atoms with Crippen molar-refractivity contribution in [2.45, 2.75) is 13.0 Å². The molecule has 3 rings (SSSR count). The van der Waals surface area contributed by atoms with Gasteiger partial charge in [-0.05, 0) is 18.6 Å². The van der Waals surface area contributed by atoms with Crippen LogP contribution in [-0.2, 0) is 0 Å². The molecule has 2 aromatic heterocycles. The monoisotopic (exact) mass is 269 g/mol. The highest BCUT2D eigenvalue weighted by Crippen LogP contribution is 2.22. The van der Waals surface area contributed by atoms with Gasteiger partial charge in [-0.3, -0.25) is 0 Å². The van der Waals surface area contributed by atoms with E-state index in [1.54, 1.807) is 6.07 Å². The van der Waals surface area contributed by atoms with E-state index in [2.05, 4.69) is 15.0 Å². The quantitative estimate of drug-likeness (QED) is 0.763. The second-order valence-corrected chi connectivity index (χ2v) is 4.39. The van der Waals surface area contributed by atoms with Gasteiger partial charge in [-0.2, -0.15) is 4.98 Å². The van der Waals surface area contributed by atoms with Gasteiger partial charge in [0.15, 0.2) is 5.65 Å². The van der Waals surface area contributed by atoms with E-state index in [0.717, 1.165) is 11.1 Å². The van der Waals surface area contributed by atoms with Gasteiger partial charge in [-0.1, -0.05) is 30.3 Å². The van der Waals surface area contributed by atoms with Crippen LogP contribution in [0.3, 0.4) is 0 Å². The molecular formula is C15H15N3O2. The van der Waals surface area contributed by atoms with E-state index in [9.17, 15) is 5.11 Å². The topological polar surface area (TPSA) is 71.0 Å². The Labute approximate surface area is 116 Å². The summed E-state index contributed by atoms with van der Waals surface area (Å²) in [5, 5.41) is 10.3. The van der Waals surface area contributed by atoms with Crippen molar-refractivity contribution in [1.82, 2.24) is 15.0 Å². The van der Waals surface area contributed by atoms with E-state index < -0.39 is 6.10 Å². The number of aromatic amines is 1. The van der Waals surface area contributed by atoms with Crippen molar-refractivity contribution in [3.63, 3.8) is 0 Å². The Morgan fingerprint density at radius 1 is 1.15 bits per heavy atom. The van der Waals surface area contributed by atoms with Crippen molar-refractivity contribution >= 4 is 11.2 Å². The second-order valence-electron chi connectivity index (χ2n) is 4.39. The largest absolute Gasteiger partial charge is 0.478 e. The van der Waals surface area contributed by atoms with Crippen molar-refractivity contribution in [2.75, 3.05) is 6.61 Å². The lowest BCUT2D eigenvalue weighted by molar-refractivity contribution is 0.211. The highest BCUT2D eigenvalue weighted by molar-refractivity contribution is 5.71. The Balaban J connectivity index is 1.96. The summed E-state index contributed by atoms with van der Waals surface area (Å²) in [5.74, 6) is 1.01. The van der Waals surface area contributed by atoms with Crippen molar-refractivity contribution in [3.8, 4) is 5.88 Å². The van der Waals surface area contributed by atoms with Crippen LogP contribution in [-0.4, -0.2) is 26.7 Å². The SMILES string of the molecule is CCOc1ccc2[nH]c(C(O)c3ccccc3)nc2n1. The van der Waals surface area contributed by atoms with Crippen LogP contribution in [0.1, 0.15) is 24.4 Å². The average Bonchev–Trinajstić information content (AvgIpc) is 2.91. The van der Waals surface area contributed by atoms with Gasteiger partial charge in [0.25, 0.3) is 0 Å². The number of pyridine rings is 1. The Kier molecular flexibility index (Phi) is 3.35. The lowest BCUT2D eigenvalue weighted by atomic mass is 10.1. The van der Waals surface area contributed by atoms with E-state index in [4.69, 9.17) is 4.74 Å². The standard InChI is InChI=1S/C15H15N3O2/c1-2-20-12-9-8-11-14(17-12)18-15(16-11)13(19)10-6-4-3-5-7-10/h3-9,13,19H,2H2,1H3,(H,16,17,18). The van der Waals surface area contributed by atoms with Gasteiger partial charge < -0.3 is 14.8 Å². The molecule has 0 radical (unpaired) electrons. The summed E-state index contributed by atoms with van der Waals surface area (Å²) in [6.45, 7) is 2.46. The first kappa shape index (κ1) is 12.6. The van der Waals surface area contributed by atoms with E-state index in [1.165, 1.54) is 0 Å². The maximum absolute atomic E-state index is 10.3. The van der Waals surface area contributed by atoms with Crippen molar-refractivity contribution in [2.24, 2.45) is 0 Å². The lowest BCUT2D eigenvalue weighted by Gasteiger charge is -2.06. The molecule has 1 unspecified atom stereocenters. The minimum absolute atomic E-state index is 0.479. The van der Waals surface area contributed by atoms with Crippen LogP contribution in [0.25, 0.3) is 11.2 Å². The van der Waals surface area contributed by atoms with Crippen LogP contribution in [0.4, 0.5) is 0 Å². The predicted molar refractivity (Wildman–Crippen MR) is 75.6 cm³/mol. The summed E-state index contributed by atoms with van der Waals surface area (Å²) in [7, 11) is 0. The molecule has 0 amide bonds. The van der Waals surface area contributed by atoms with Crippen molar-refractivity contribution < 1.29 is 9.84 Å². The van der Waals surface area contributed by atoms with Gasteiger partial charge in [0, 0.05) is 6.07 Å². The number of ether oxygens (including phenoxy) is 1. The van der Waals surface area contributed by atoms with Gasteiger partial charge in [0.1, 0.15) is 11.9 Å². The third-order valence-electron chi connectivity index (χ3n) is 3.01. The zero-order valence-electron chi connectivity index (χ0n) is 11.1. The fourth-order valence-electron chi connectivity index (χ4n) is 2.04. The van der Waals surface area contributed by atoms with Crippen LogP contribution in [0, 0.1) is 0 Å². The van der Waals surface area contributed by atoms with Crippen LogP contribution in [0.2, 0.25) is 0 Å². The third-order valence-corrected chi connectivity index (χ3v) is 3.01. The summed E-state index contributed by atoms with van der Waals surface area (Å²) in [6, 6.07) is 13.0. The first-order valence-electron chi connectivity index (χ1n) is 6.50. The molecule has 0 spiro atoms. The normalized spacial score (nSPS) is 12.5. The van der Waals surface area contributed by atoms with Crippen LogP contribution in [0.5, 0.6) is 5.88 Å². The molecule has 102 valence electrons. The number of aliphatic hydroxyl groups is 1. The number of aromatic nitrogens is 3. The van der Waals surface area contributed by atoms with E-state index in [0.29, 0.717) is 24.0 Å². The van der Waals surface area contributed by atoms with Crippen LogP contribution < -0.4 is 4.74 Å².